The Kier molecular flexibility index (Phi) is 42.4. The van der Waals surface area contributed by atoms with E-state index in [1.165, 1.54) is 109 Å². The molecule has 0 aromatic rings. The zero-order valence-electron chi connectivity index (χ0n) is 36.4. The lowest BCUT2D eigenvalue weighted by atomic mass is 10.1. The van der Waals surface area contributed by atoms with Crippen molar-refractivity contribution in [2.24, 2.45) is 0 Å². The summed E-state index contributed by atoms with van der Waals surface area (Å²) in [6.07, 6.45) is 49.8. The number of esters is 3. The van der Waals surface area contributed by atoms with Gasteiger partial charge in [0, 0.05) is 19.3 Å². The molecule has 0 N–H and O–H groups in total. The SMILES string of the molecule is CCCCCC/C=C\C/C=C\CCCCCCCC(=O)OCC(COC(=O)CCCCCCCCCC)OC(=O)CCCCCCC/C=C\CCCCCC. The van der Waals surface area contributed by atoms with E-state index in [-0.39, 0.29) is 31.1 Å². The topological polar surface area (TPSA) is 78.9 Å². The normalized spacial score (nSPS) is 12.3. The van der Waals surface area contributed by atoms with Gasteiger partial charge in [0.1, 0.15) is 13.2 Å². The molecular formula is C49H88O6. The van der Waals surface area contributed by atoms with Crippen LogP contribution in [0.3, 0.4) is 0 Å². The third-order valence-corrected chi connectivity index (χ3v) is 10.1. The van der Waals surface area contributed by atoms with Crippen molar-refractivity contribution in [1.82, 2.24) is 0 Å². The van der Waals surface area contributed by atoms with Gasteiger partial charge in [0.25, 0.3) is 0 Å². The first-order chi connectivity index (χ1) is 27.0. The smallest absolute Gasteiger partial charge is 0.306 e. The molecule has 6 heteroatoms. The number of rotatable bonds is 42. The summed E-state index contributed by atoms with van der Waals surface area (Å²) in [4.78, 5) is 37.7. The second-order valence-electron chi connectivity index (χ2n) is 15.7. The van der Waals surface area contributed by atoms with Crippen LogP contribution in [0.2, 0.25) is 0 Å². The first kappa shape index (κ1) is 52.6. The molecule has 0 rings (SSSR count). The average molecular weight is 773 g/mol. The summed E-state index contributed by atoms with van der Waals surface area (Å²) in [6.45, 7) is 6.55. The van der Waals surface area contributed by atoms with Crippen LogP contribution in [0.5, 0.6) is 0 Å². The maximum Gasteiger partial charge on any atom is 0.306 e. The molecular weight excluding hydrogens is 685 g/mol. The van der Waals surface area contributed by atoms with Gasteiger partial charge in [-0.15, -0.1) is 0 Å². The molecule has 1 atom stereocenters. The highest BCUT2D eigenvalue weighted by atomic mass is 16.6. The fourth-order valence-corrected chi connectivity index (χ4v) is 6.52. The average Bonchev–Trinajstić information content (AvgIpc) is 3.18. The van der Waals surface area contributed by atoms with E-state index in [4.69, 9.17) is 14.2 Å². The van der Waals surface area contributed by atoms with Crippen LogP contribution in [0.1, 0.15) is 239 Å². The fourth-order valence-electron chi connectivity index (χ4n) is 6.52. The Morgan fingerprint density at radius 1 is 0.364 bits per heavy atom. The van der Waals surface area contributed by atoms with Crippen LogP contribution in [0.15, 0.2) is 36.5 Å². The lowest BCUT2D eigenvalue weighted by Gasteiger charge is -2.18. The summed E-state index contributed by atoms with van der Waals surface area (Å²) < 4.78 is 16.7. The Morgan fingerprint density at radius 3 is 1.04 bits per heavy atom. The van der Waals surface area contributed by atoms with Crippen molar-refractivity contribution in [3.63, 3.8) is 0 Å². The monoisotopic (exact) mass is 773 g/mol. The van der Waals surface area contributed by atoms with Gasteiger partial charge in [-0.25, -0.2) is 0 Å². The molecule has 0 spiro atoms. The zero-order chi connectivity index (χ0) is 40.1. The second kappa shape index (κ2) is 44.3. The fraction of sp³-hybridized carbons (Fsp3) is 0.816. The summed E-state index contributed by atoms with van der Waals surface area (Å²) in [5.74, 6) is -0.903. The Morgan fingerprint density at radius 2 is 0.655 bits per heavy atom. The molecule has 0 aromatic carbocycles. The van der Waals surface area contributed by atoms with E-state index in [1.54, 1.807) is 0 Å². The van der Waals surface area contributed by atoms with E-state index in [0.29, 0.717) is 19.3 Å². The lowest BCUT2D eigenvalue weighted by Crippen LogP contribution is -2.30. The van der Waals surface area contributed by atoms with E-state index >= 15 is 0 Å². The van der Waals surface area contributed by atoms with Crippen molar-refractivity contribution in [3.05, 3.63) is 36.5 Å². The van der Waals surface area contributed by atoms with Gasteiger partial charge >= 0.3 is 17.9 Å². The molecule has 0 aliphatic rings. The van der Waals surface area contributed by atoms with Gasteiger partial charge in [0.15, 0.2) is 6.10 Å². The predicted molar refractivity (Wildman–Crippen MR) is 233 cm³/mol. The molecule has 0 fully saturated rings. The van der Waals surface area contributed by atoms with Gasteiger partial charge in [-0.05, 0) is 77.0 Å². The molecule has 0 amide bonds. The minimum atomic E-state index is -0.776. The molecule has 0 aliphatic carbocycles. The quantitative estimate of drug-likeness (QED) is 0.0266. The lowest BCUT2D eigenvalue weighted by molar-refractivity contribution is -0.167. The third kappa shape index (κ3) is 42.6. The molecule has 0 aliphatic heterocycles. The van der Waals surface area contributed by atoms with Crippen molar-refractivity contribution in [2.75, 3.05) is 13.2 Å². The third-order valence-electron chi connectivity index (χ3n) is 10.1. The highest BCUT2D eigenvalue weighted by Gasteiger charge is 2.19. The largest absolute Gasteiger partial charge is 0.462 e. The Labute approximate surface area is 340 Å². The van der Waals surface area contributed by atoms with Crippen LogP contribution in [-0.2, 0) is 28.6 Å². The van der Waals surface area contributed by atoms with Crippen LogP contribution in [-0.4, -0.2) is 37.2 Å². The second-order valence-corrected chi connectivity index (χ2v) is 15.7. The van der Waals surface area contributed by atoms with Gasteiger partial charge in [0.2, 0.25) is 0 Å². The van der Waals surface area contributed by atoms with Crippen LogP contribution >= 0.6 is 0 Å². The molecule has 0 bridgehead atoms. The van der Waals surface area contributed by atoms with Gasteiger partial charge in [-0.3, -0.25) is 14.4 Å². The van der Waals surface area contributed by atoms with Crippen LogP contribution < -0.4 is 0 Å². The maximum atomic E-state index is 12.7. The van der Waals surface area contributed by atoms with Crippen LogP contribution in [0, 0.1) is 0 Å². The van der Waals surface area contributed by atoms with Crippen molar-refractivity contribution >= 4 is 17.9 Å². The zero-order valence-corrected chi connectivity index (χ0v) is 36.4. The molecule has 0 aromatic heterocycles. The number of allylic oxidation sites excluding steroid dienone is 6. The summed E-state index contributed by atoms with van der Waals surface area (Å²) in [7, 11) is 0. The first-order valence-electron chi connectivity index (χ1n) is 23.5. The number of hydrogen-bond donors (Lipinski definition) is 0. The minimum absolute atomic E-state index is 0.0786. The highest BCUT2D eigenvalue weighted by molar-refractivity contribution is 5.71. The van der Waals surface area contributed by atoms with E-state index in [0.717, 1.165) is 89.9 Å². The van der Waals surface area contributed by atoms with Gasteiger partial charge in [0.05, 0.1) is 0 Å². The molecule has 0 saturated heterocycles. The summed E-state index contributed by atoms with van der Waals surface area (Å²) >= 11 is 0. The van der Waals surface area contributed by atoms with Crippen molar-refractivity contribution in [1.29, 1.82) is 0 Å². The molecule has 320 valence electrons. The summed E-state index contributed by atoms with van der Waals surface area (Å²) in [5.41, 5.74) is 0. The maximum absolute atomic E-state index is 12.7. The van der Waals surface area contributed by atoms with Crippen molar-refractivity contribution in [3.8, 4) is 0 Å². The Balaban J connectivity index is 4.35. The first-order valence-corrected chi connectivity index (χ1v) is 23.5. The van der Waals surface area contributed by atoms with E-state index in [9.17, 15) is 14.4 Å². The molecule has 55 heavy (non-hydrogen) atoms. The van der Waals surface area contributed by atoms with Gasteiger partial charge < -0.3 is 14.2 Å². The number of carbonyl (C=O) groups excluding carboxylic acids is 3. The van der Waals surface area contributed by atoms with Crippen LogP contribution in [0.4, 0.5) is 0 Å². The number of carbonyl (C=O) groups is 3. The molecule has 1 unspecified atom stereocenters. The minimum Gasteiger partial charge on any atom is -0.462 e. The van der Waals surface area contributed by atoms with Crippen molar-refractivity contribution < 1.29 is 28.6 Å². The Hall–Kier alpha value is -2.37. The summed E-state index contributed by atoms with van der Waals surface area (Å²) in [5, 5.41) is 0. The van der Waals surface area contributed by atoms with Crippen molar-refractivity contribution in [2.45, 2.75) is 245 Å². The summed E-state index contributed by atoms with van der Waals surface area (Å²) in [6, 6.07) is 0. The molecule has 6 nitrogen and oxygen atoms in total. The van der Waals surface area contributed by atoms with Gasteiger partial charge in [-0.2, -0.15) is 0 Å². The highest BCUT2D eigenvalue weighted by Crippen LogP contribution is 2.13. The number of ether oxygens (including phenoxy) is 3. The van der Waals surface area contributed by atoms with Gasteiger partial charge in [-0.1, -0.05) is 179 Å². The molecule has 0 heterocycles. The van der Waals surface area contributed by atoms with E-state index in [1.807, 2.05) is 0 Å². The number of unbranched alkanes of at least 4 members (excludes halogenated alkanes) is 25. The van der Waals surface area contributed by atoms with Crippen LogP contribution in [0.25, 0.3) is 0 Å². The standard InChI is InChI=1S/C49H88O6/c1-4-7-10-13-16-19-21-23-24-25-27-28-30-33-36-39-42-48(51)54-45-46(44-53-47(50)41-38-35-32-18-15-12-9-6-3)55-49(52)43-40-37-34-31-29-26-22-20-17-14-11-8-5-2/h19-22,24-25,46H,4-18,23,26-45H2,1-3H3/b21-19-,22-20-,25-24-. The predicted octanol–water partition coefficient (Wildman–Crippen LogP) is 15.0. The molecule has 0 saturated carbocycles. The Bertz CT molecular complexity index is 938. The molecule has 0 radical (unpaired) electrons. The number of hydrogen-bond acceptors (Lipinski definition) is 6. The van der Waals surface area contributed by atoms with E-state index < -0.39 is 6.10 Å². The van der Waals surface area contributed by atoms with E-state index in [2.05, 4.69) is 57.2 Å².